The van der Waals surface area contributed by atoms with Crippen molar-refractivity contribution in [3.05, 3.63) is 0 Å². The Morgan fingerprint density at radius 2 is 1.75 bits per heavy atom. The van der Waals surface area contributed by atoms with Gasteiger partial charge in [0.25, 0.3) is 0 Å². The highest BCUT2D eigenvalue weighted by atomic mass is 15.1. The van der Waals surface area contributed by atoms with Crippen LogP contribution in [0.15, 0.2) is 0 Å². The van der Waals surface area contributed by atoms with Crippen molar-refractivity contribution in [1.29, 1.82) is 0 Å². The summed E-state index contributed by atoms with van der Waals surface area (Å²) in [5.74, 6) is 0. The third-order valence-electron chi connectivity index (χ3n) is 3.62. The Hall–Kier alpha value is -0.0800. The average Bonchev–Trinajstić information content (AvgIpc) is 2.15. The van der Waals surface area contributed by atoms with Crippen LogP contribution in [0.5, 0.6) is 0 Å². The Labute approximate surface area is 103 Å². The molecule has 0 aliphatic carbocycles. The first-order valence-corrected chi connectivity index (χ1v) is 6.72. The van der Waals surface area contributed by atoms with Gasteiger partial charge in [0, 0.05) is 12.1 Å². The molecule has 0 rings (SSSR count). The van der Waals surface area contributed by atoms with E-state index in [1.54, 1.807) is 0 Å². The summed E-state index contributed by atoms with van der Waals surface area (Å²) in [5.41, 5.74) is 0.377. The van der Waals surface area contributed by atoms with Crippen LogP contribution in [0, 0.1) is 5.41 Å². The van der Waals surface area contributed by atoms with Crippen molar-refractivity contribution in [2.45, 2.75) is 66.5 Å². The third-order valence-corrected chi connectivity index (χ3v) is 3.62. The first-order chi connectivity index (χ1) is 7.29. The normalized spacial score (nSPS) is 16.5. The maximum Gasteiger partial charge on any atom is 0.0112 e. The van der Waals surface area contributed by atoms with Crippen LogP contribution in [0.2, 0.25) is 0 Å². The van der Waals surface area contributed by atoms with Crippen molar-refractivity contribution in [3.63, 3.8) is 0 Å². The molecule has 0 aliphatic rings. The largest absolute Gasteiger partial charge is 0.315 e. The Kier molecular flexibility index (Phi) is 7.25. The van der Waals surface area contributed by atoms with E-state index >= 15 is 0 Å². The second-order valence-electron chi connectivity index (χ2n) is 6.12. The zero-order valence-electron chi connectivity index (χ0n) is 12.4. The van der Waals surface area contributed by atoms with E-state index in [2.05, 4.69) is 58.8 Å². The predicted molar refractivity (Wildman–Crippen MR) is 73.9 cm³/mol. The summed E-state index contributed by atoms with van der Waals surface area (Å²) < 4.78 is 0. The number of hydrogen-bond acceptors (Lipinski definition) is 2. The molecule has 0 aliphatic heterocycles. The predicted octanol–water partition coefficient (Wildman–Crippen LogP) is 3.13. The van der Waals surface area contributed by atoms with Crippen molar-refractivity contribution in [1.82, 2.24) is 10.2 Å². The molecule has 0 radical (unpaired) electrons. The summed E-state index contributed by atoms with van der Waals surface area (Å²) in [7, 11) is 2.24. The molecule has 2 heteroatoms. The Balaban J connectivity index is 3.77. The van der Waals surface area contributed by atoms with Crippen LogP contribution in [-0.4, -0.2) is 37.1 Å². The molecule has 0 fully saturated rings. The summed E-state index contributed by atoms with van der Waals surface area (Å²) in [6, 6.07) is 1.30. The van der Waals surface area contributed by atoms with Crippen LogP contribution in [0.4, 0.5) is 0 Å². The second kappa shape index (κ2) is 7.29. The van der Waals surface area contributed by atoms with E-state index in [0.29, 0.717) is 17.5 Å². The molecule has 0 saturated carbocycles. The molecule has 1 N–H and O–H groups in total. The topological polar surface area (TPSA) is 15.3 Å². The summed E-state index contributed by atoms with van der Waals surface area (Å²) in [6.45, 7) is 16.0. The standard InChI is InChI=1S/C14H32N2/c1-8-15-12(2)10-9-11-16(7)13(3)14(4,5)6/h12-13,15H,8-11H2,1-7H3. The summed E-state index contributed by atoms with van der Waals surface area (Å²) in [5, 5.41) is 3.46. The van der Waals surface area contributed by atoms with Gasteiger partial charge in [0.05, 0.1) is 0 Å². The molecule has 0 aromatic heterocycles. The van der Waals surface area contributed by atoms with Gasteiger partial charge in [-0.1, -0.05) is 27.7 Å². The molecule has 2 atom stereocenters. The molecule has 0 saturated heterocycles. The number of hydrogen-bond donors (Lipinski definition) is 1. The first-order valence-electron chi connectivity index (χ1n) is 6.72. The smallest absolute Gasteiger partial charge is 0.0112 e. The number of rotatable bonds is 7. The van der Waals surface area contributed by atoms with Gasteiger partial charge in [0.1, 0.15) is 0 Å². The maximum absolute atomic E-state index is 3.46. The van der Waals surface area contributed by atoms with E-state index in [0.717, 1.165) is 6.54 Å². The minimum absolute atomic E-state index is 0.377. The SMILES string of the molecule is CCNC(C)CCCN(C)C(C)C(C)(C)C. The molecule has 0 bridgehead atoms. The molecule has 16 heavy (non-hydrogen) atoms. The van der Waals surface area contributed by atoms with Crippen molar-refractivity contribution >= 4 is 0 Å². The van der Waals surface area contributed by atoms with Gasteiger partial charge in [0.2, 0.25) is 0 Å². The van der Waals surface area contributed by atoms with Crippen molar-refractivity contribution in [2.75, 3.05) is 20.1 Å². The van der Waals surface area contributed by atoms with Crippen LogP contribution in [0.3, 0.4) is 0 Å². The minimum atomic E-state index is 0.377. The van der Waals surface area contributed by atoms with Crippen molar-refractivity contribution in [3.8, 4) is 0 Å². The maximum atomic E-state index is 3.46. The summed E-state index contributed by atoms with van der Waals surface area (Å²) in [6.07, 6.45) is 2.56. The van der Waals surface area contributed by atoms with Crippen LogP contribution < -0.4 is 5.32 Å². The molecule has 0 aromatic carbocycles. The van der Waals surface area contributed by atoms with Gasteiger partial charge >= 0.3 is 0 Å². The fourth-order valence-corrected chi connectivity index (χ4v) is 1.95. The van der Waals surface area contributed by atoms with Gasteiger partial charge in [-0.3, -0.25) is 0 Å². The van der Waals surface area contributed by atoms with Gasteiger partial charge in [0.15, 0.2) is 0 Å². The number of nitrogens with one attached hydrogen (secondary N) is 1. The molecule has 98 valence electrons. The lowest BCUT2D eigenvalue weighted by Gasteiger charge is -2.35. The van der Waals surface area contributed by atoms with E-state index in [-0.39, 0.29) is 0 Å². The lowest BCUT2D eigenvalue weighted by atomic mass is 9.87. The van der Waals surface area contributed by atoms with E-state index in [9.17, 15) is 0 Å². The van der Waals surface area contributed by atoms with Gasteiger partial charge in [-0.2, -0.15) is 0 Å². The van der Waals surface area contributed by atoms with Gasteiger partial charge in [-0.25, -0.2) is 0 Å². The number of nitrogens with zero attached hydrogens (tertiary/aromatic N) is 1. The molecule has 0 amide bonds. The Bertz CT molecular complexity index is 172. The molecule has 2 unspecified atom stereocenters. The monoisotopic (exact) mass is 228 g/mol. The summed E-state index contributed by atoms with van der Waals surface area (Å²) >= 11 is 0. The van der Waals surface area contributed by atoms with Gasteiger partial charge < -0.3 is 10.2 Å². The second-order valence-corrected chi connectivity index (χ2v) is 6.12. The zero-order valence-corrected chi connectivity index (χ0v) is 12.4. The van der Waals surface area contributed by atoms with Crippen LogP contribution in [0.1, 0.15) is 54.4 Å². The minimum Gasteiger partial charge on any atom is -0.315 e. The van der Waals surface area contributed by atoms with Crippen LogP contribution >= 0.6 is 0 Å². The fourth-order valence-electron chi connectivity index (χ4n) is 1.95. The van der Waals surface area contributed by atoms with Gasteiger partial charge in [-0.05, 0) is 52.2 Å². The van der Waals surface area contributed by atoms with Crippen molar-refractivity contribution in [2.24, 2.45) is 5.41 Å². The Morgan fingerprint density at radius 3 is 2.19 bits per heavy atom. The molecular formula is C14H32N2. The van der Waals surface area contributed by atoms with E-state index < -0.39 is 0 Å². The highest BCUT2D eigenvalue weighted by molar-refractivity contribution is 4.77. The highest BCUT2D eigenvalue weighted by Crippen LogP contribution is 2.23. The zero-order chi connectivity index (χ0) is 12.8. The fraction of sp³-hybridized carbons (Fsp3) is 1.00. The average molecular weight is 228 g/mol. The van der Waals surface area contributed by atoms with Gasteiger partial charge in [-0.15, -0.1) is 0 Å². The van der Waals surface area contributed by atoms with Crippen LogP contribution in [-0.2, 0) is 0 Å². The van der Waals surface area contributed by atoms with E-state index in [4.69, 9.17) is 0 Å². The van der Waals surface area contributed by atoms with E-state index in [1.807, 2.05) is 0 Å². The summed E-state index contributed by atoms with van der Waals surface area (Å²) in [4.78, 5) is 2.48. The third kappa shape index (κ3) is 6.49. The lowest BCUT2D eigenvalue weighted by molar-refractivity contribution is 0.138. The molecule has 2 nitrogen and oxygen atoms in total. The molecule has 0 aromatic rings. The first kappa shape index (κ1) is 15.9. The van der Waals surface area contributed by atoms with Crippen LogP contribution in [0.25, 0.3) is 0 Å². The molecule has 0 heterocycles. The molecular weight excluding hydrogens is 196 g/mol. The molecule has 0 spiro atoms. The quantitative estimate of drug-likeness (QED) is 0.720. The van der Waals surface area contributed by atoms with Crippen molar-refractivity contribution < 1.29 is 0 Å². The highest BCUT2D eigenvalue weighted by Gasteiger charge is 2.23. The lowest BCUT2D eigenvalue weighted by Crippen LogP contribution is -2.40. The Morgan fingerprint density at radius 1 is 1.19 bits per heavy atom. The van der Waals surface area contributed by atoms with E-state index in [1.165, 1.54) is 19.4 Å².